The summed E-state index contributed by atoms with van der Waals surface area (Å²) in [5, 5.41) is 3.54. The summed E-state index contributed by atoms with van der Waals surface area (Å²) in [7, 11) is 0. The Morgan fingerprint density at radius 1 is 1.00 bits per heavy atom. The lowest BCUT2D eigenvalue weighted by molar-refractivity contribution is -0.274. The molecular formula is C24H21F3N4O3. The molecule has 0 fully saturated rings. The Balaban J connectivity index is 1.37. The van der Waals surface area contributed by atoms with Gasteiger partial charge in [0.05, 0.1) is 11.8 Å². The highest BCUT2D eigenvalue weighted by Gasteiger charge is 2.30. The first-order valence-electron chi connectivity index (χ1n) is 10.4. The Bertz CT molecular complexity index is 1280. The summed E-state index contributed by atoms with van der Waals surface area (Å²) in [6, 6.07) is 14.1. The molecule has 0 bridgehead atoms. The summed E-state index contributed by atoms with van der Waals surface area (Å²) >= 11 is 0. The van der Waals surface area contributed by atoms with Crippen LogP contribution in [0.3, 0.4) is 0 Å². The van der Waals surface area contributed by atoms with Crippen molar-refractivity contribution in [1.82, 2.24) is 14.5 Å². The summed E-state index contributed by atoms with van der Waals surface area (Å²) in [6.45, 7) is 4.12. The molecule has 0 aliphatic rings. The second kappa shape index (κ2) is 9.42. The summed E-state index contributed by atoms with van der Waals surface area (Å²) < 4.78 is 48.5. The molecule has 176 valence electrons. The van der Waals surface area contributed by atoms with E-state index in [0.29, 0.717) is 22.9 Å². The molecule has 0 aliphatic heterocycles. The standard InChI is InChI=1S/C24H21F3N4O3/c1-15(2)31-12-11-20-22(31)28-14-29-23(20)33-18-9-5-17(6-10-18)30-21(32)13-16-3-7-19(8-4-16)34-24(25,26)27/h3-12,14-15H,13H2,1-2H3,(H,30,32). The number of halogens is 3. The highest BCUT2D eigenvalue weighted by atomic mass is 19.4. The number of carbonyl (C=O) groups excluding carboxylic acids is 1. The molecule has 0 spiro atoms. The number of hydrogen-bond donors (Lipinski definition) is 1. The van der Waals surface area contributed by atoms with Crippen molar-refractivity contribution in [3.8, 4) is 17.4 Å². The molecule has 0 unspecified atom stereocenters. The summed E-state index contributed by atoms with van der Waals surface area (Å²) in [5.74, 6) is 0.314. The molecule has 34 heavy (non-hydrogen) atoms. The van der Waals surface area contributed by atoms with Crippen LogP contribution in [0.1, 0.15) is 25.5 Å². The predicted molar refractivity (Wildman–Crippen MR) is 120 cm³/mol. The number of hydrogen-bond acceptors (Lipinski definition) is 5. The number of fused-ring (bicyclic) bond motifs is 1. The Hall–Kier alpha value is -4.08. The zero-order valence-corrected chi connectivity index (χ0v) is 18.3. The molecule has 2 aromatic carbocycles. The van der Waals surface area contributed by atoms with Crippen molar-refractivity contribution < 1.29 is 27.4 Å². The Kier molecular flexibility index (Phi) is 6.40. The van der Waals surface area contributed by atoms with E-state index in [9.17, 15) is 18.0 Å². The Morgan fingerprint density at radius 2 is 1.68 bits per heavy atom. The maximum absolute atomic E-state index is 12.3. The Morgan fingerprint density at radius 3 is 2.32 bits per heavy atom. The van der Waals surface area contributed by atoms with Gasteiger partial charge in [-0.2, -0.15) is 0 Å². The fourth-order valence-corrected chi connectivity index (χ4v) is 3.36. The maximum Gasteiger partial charge on any atom is 0.573 e. The average Bonchev–Trinajstić information content (AvgIpc) is 3.21. The van der Waals surface area contributed by atoms with E-state index in [4.69, 9.17) is 4.74 Å². The molecule has 4 rings (SSSR count). The number of nitrogens with one attached hydrogen (secondary N) is 1. The zero-order valence-electron chi connectivity index (χ0n) is 18.3. The minimum atomic E-state index is -4.76. The van der Waals surface area contributed by atoms with Crippen LogP contribution in [-0.4, -0.2) is 26.8 Å². The van der Waals surface area contributed by atoms with E-state index in [0.717, 1.165) is 11.0 Å². The van der Waals surface area contributed by atoms with Gasteiger partial charge >= 0.3 is 6.36 Å². The van der Waals surface area contributed by atoms with Crippen LogP contribution in [0.25, 0.3) is 11.0 Å². The van der Waals surface area contributed by atoms with Gasteiger partial charge in [-0.15, -0.1) is 13.2 Å². The third kappa shape index (κ3) is 5.64. The van der Waals surface area contributed by atoms with E-state index in [2.05, 4.69) is 33.9 Å². The van der Waals surface area contributed by atoms with Crippen LogP contribution in [-0.2, 0) is 11.2 Å². The quantitative estimate of drug-likeness (QED) is 0.365. The molecule has 2 aromatic heterocycles. The molecule has 4 aromatic rings. The summed E-state index contributed by atoms with van der Waals surface area (Å²) in [6.07, 6.45) is -1.37. The van der Waals surface area contributed by atoms with Gasteiger partial charge in [-0.05, 0) is 61.9 Å². The maximum atomic E-state index is 12.3. The van der Waals surface area contributed by atoms with E-state index in [-0.39, 0.29) is 24.1 Å². The van der Waals surface area contributed by atoms with Gasteiger partial charge < -0.3 is 19.4 Å². The number of aromatic nitrogens is 3. The molecule has 0 saturated carbocycles. The second-order valence-corrected chi connectivity index (χ2v) is 7.78. The second-order valence-electron chi connectivity index (χ2n) is 7.78. The van der Waals surface area contributed by atoms with E-state index < -0.39 is 6.36 Å². The van der Waals surface area contributed by atoms with Crippen LogP contribution in [0.5, 0.6) is 17.4 Å². The normalized spacial score (nSPS) is 11.6. The van der Waals surface area contributed by atoms with Crippen LogP contribution >= 0.6 is 0 Å². The van der Waals surface area contributed by atoms with Crippen LogP contribution in [0.4, 0.5) is 18.9 Å². The van der Waals surface area contributed by atoms with E-state index in [1.54, 1.807) is 24.3 Å². The first kappa shape index (κ1) is 23.1. The average molecular weight is 470 g/mol. The fourth-order valence-electron chi connectivity index (χ4n) is 3.36. The number of benzene rings is 2. The number of anilines is 1. The van der Waals surface area contributed by atoms with Crippen molar-refractivity contribution in [2.24, 2.45) is 0 Å². The lowest BCUT2D eigenvalue weighted by Crippen LogP contribution is -2.17. The highest BCUT2D eigenvalue weighted by molar-refractivity contribution is 5.92. The molecule has 0 atom stereocenters. The van der Waals surface area contributed by atoms with Gasteiger partial charge in [-0.25, -0.2) is 9.97 Å². The molecular weight excluding hydrogens is 449 g/mol. The van der Waals surface area contributed by atoms with Gasteiger partial charge in [0.2, 0.25) is 11.8 Å². The molecule has 0 radical (unpaired) electrons. The van der Waals surface area contributed by atoms with Crippen LogP contribution in [0, 0.1) is 0 Å². The third-order valence-electron chi connectivity index (χ3n) is 4.90. The van der Waals surface area contributed by atoms with E-state index >= 15 is 0 Å². The van der Waals surface area contributed by atoms with Crippen molar-refractivity contribution in [3.63, 3.8) is 0 Å². The first-order chi connectivity index (χ1) is 16.2. The lowest BCUT2D eigenvalue weighted by atomic mass is 10.1. The van der Waals surface area contributed by atoms with Gasteiger partial charge in [-0.3, -0.25) is 4.79 Å². The number of nitrogens with zero attached hydrogens (tertiary/aromatic N) is 3. The Labute approximate surface area is 193 Å². The number of carbonyl (C=O) groups is 1. The highest BCUT2D eigenvalue weighted by Crippen LogP contribution is 2.29. The topological polar surface area (TPSA) is 78.3 Å². The van der Waals surface area contributed by atoms with Crippen molar-refractivity contribution in [1.29, 1.82) is 0 Å². The van der Waals surface area contributed by atoms with Gasteiger partial charge in [0.15, 0.2) is 0 Å². The van der Waals surface area contributed by atoms with Crippen molar-refractivity contribution in [2.45, 2.75) is 32.7 Å². The number of ether oxygens (including phenoxy) is 2. The molecule has 0 aliphatic carbocycles. The molecule has 1 amide bonds. The third-order valence-corrected chi connectivity index (χ3v) is 4.90. The van der Waals surface area contributed by atoms with Crippen molar-refractivity contribution in [3.05, 3.63) is 72.7 Å². The van der Waals surface area contributed by atoms with Crippen LogP contribution < -0.4 is 14.8 Å². The van der Waals surface area contributed by atoms with Crippen molar-refractivity contribution >= 4 is 22.6 Å². The SMILES string of the molecule is CC(C)n1ccc2c(Oc3ccc(NC(=O)Cc4ccc(OC(F)(F)F)cc4)cc3)ncnc21. The van der Waals surface area contributed by atoms with Crippen molar-refractivity contribution in [2.75, 3.05) is 5.32 Å². The van der Waals surface area contributed by atoms with Crippen LogP contribution in [0.2, 0.25) is 0 Å². The van der Waals surface area contributed by atoms with Gasteiger partial charge in [0.1, 0.15) is 23.5 Å². The number of rotatable bonds is 7. The molecule has 10 heteroatoms. The van der Waals surface area contributed by atoms with E-state index in [1.807, 2.05) is 16.8 Å². The molecule has 7 nitrogen and oxygen atoms in total. The first-order valence-corrected chi connectivity index (χ1v) is 10.4. The fraction of sp³-hybridized carbons (Fsp3) is 0.208. The van der Waals surface area contributed by atoms with Crippen LogP contribution in [0.15, 0.2) is 67.1 Å². The monoisotopic (exact) mass is 470 g/mol. The lowest BCUT2D eigenvalue weighted by Gasteiger charge is -2.10. The molecule has 1 N–H and O–H groups in total. The van der Waals surface area contributed by atoms with Gasteiger partial charge in [-0.1, -0.05) is 12.1 Å². The summed E-state index contributed by atoms with van der Waals surface area (Å²) in [4.78, 5) is 20.9. The minimum Gasteiger partial charge on any atom is -0.438 e. The summed E-state index contributed by atoms with van der Waals surface area (Å²) in [5.41, 5.74) is 1.88. The van der Waals surface area contributed by atoms with Gasteiger partial charge in [0.25, 0.3) is 0 Å². The predicted octanol–water partition coefficient (Wildman–Crippen LogP) is 5.88. The number of amides is 1. The zero-order chi connectivity index (χ0) is 24.3. The molecule has 2 heterocycles. The minimum absolute atomic E-state index is 0.00366. The number of alkyl halides is 3. The largest absolute Gasteiger partial charge is 0.573 e. The van der Waals surface area contributed by atoms with E-state index in [1.165, 1.54) is 30.6 Å². The smallest absolute Gasteiger partial charge is 0.438 e. The molecule has 0 saturated heterocycles. The van der Waals surface area contributed by atoms with Gasteiger partial charge in [0, 0.05) is 17.9 Å².